The molecule has 3 N–H and O–H groups in total. The van der Waals surface area contributed by atoms with Gasteiger partial charge in [0, 0.05) is 26.2 Å². The number of carbonyl (C=O) groups excluding carboxylic acids is 1. The van der Waals surface area contributed by atoms with E-state index < -0.39 is 0 Å². The number of halogens is 1. The van der Waals surface area contributed by atoms with Gasteiger partial charge in [0.15, 0.2) is 5.96 Å². The van der Waals surface area contributed by atoms with Crippen molar-refractivity contribution >= 4 is 35.8 Å². The molecule has 0 aliphatic rings. The highest BCUT2D eigenvalue weighted by Crippen LogP contribution is 2.07. The minimum atomic E-state index is -0.00170. The van der Waals surface area contributed by atoms with Crippen molar-refractivity contribution in [2.24, 2.45) is 16.6 Å². The topological polar surface area (TPSA) is 70.7 Å². The van der Waals surface area contributed by atoms with E-state index >= 15 is 0 Å². The molecule has 118 valence electrons. The molecule has 0 atom stereocenters. The Labute approximate surface area is 144 Å². The molecule has 1 aromatic rings. The summed E-state index contributed by atoms with van der Waals surface area (Å²) in [6, 6.07) is 7.42. The van der Waals surface area contributed by atoms with Gasteiger partial charge in [-0.05, 0) is 23.6 Å². The van der Waals surface area contributed by atoms with Crippen molar-refractivity contribution in [3.8, 4) is 0 Å². The molecule has 0 aliphatic carbocycles. The van der Waals surface area contributed by atoms with Gasteiger partial charge in [-0.15, -0.1) is 24.0 Å². The number of nitrogens with zero attached hydrogens (tertiary/aromatic N) is 2. The largest absolute Gasteiger partial charge is 0.370 e. The molecule has 0 heterocycles. The lowest BCUT2D eigenvalue weighted by atomic mass is 10.1. The van der Waals surface area contributed by atoms with Crippen LogP contribution in [0.3, 0.4) is 0 Å². The van der Waals surface area contributed by atoms with Gasteiger partial charge in [-0.2, -0.15) is 0 Å². The highest BCUT2D eigenvalue weighted by Gasteiger charge is 2.06. The molecule has 0 radical (unpaired) electrons. The third-order valence-electron chi connectivity index (χ3n) is 2.73. The third-order valence-corrected chi connectivity index (χ3v) is 2.73. The van der Waals surface area contributed by atoms with Crippen LogP contribution in [0.15, 0.2) is 29.3 Å². The number of nitrogens with two attached hydrogens (primary N) is 1. The average Bonchev–Trinajstić information content (AvgIpc) is 2.42. The Bertz CT molecular complexity index is 469. The molecule has 1 aromatic carbocycles. The highest BCUT2D eigenvalue weighted by molar-refractivity contribution is 14.0. The summed E-state index contributed by atoms with van der Waals surface area (Å²) in [7, 11) is 3.48. The number of guanidine groups is 1. The van der Waals surface area contributed by atoms with E-state index in [1.165, 1.54) is 0 Å². The number of carbonyl (C=O) groups is 1. The molecular formula is C15H25IN4O. The first kappa shape index (κ1) is 19.7. The Balaban J connectivity index is 0.00000400. The number of nitrogens with one attached hydrogen (secondary N) is 1. The Morgan fingerprint density at radius 3 is 2.33 bits per heavy atom. The van der Waals surface area contributed by atoms with Crippen molar-refractivity contribution in [3.05, 3.63) is 35.4 Å². The zero-order valence-corrected chi connectivity index (χ0v) is 15.4. The molecule has 0 saturated carbocycles. The zero-order chi connectivity index (χ0) is 15.1. The molecule has 0 aromatic heterocycles. The number of hydrogen-bond donors (Lipinski definition) is 2. The number of hydrogen-bond acceptors (Lipinski definition) is 2. The minimum absolute atomic E-state index is 0. The maximum atomic E-state index is 11.7. The molecule has 6 heteroatoms. The average molecular weight is 404 g/mol. The van der Waals surface area contributed by atoms with Crippen LogP contribution in [-0.2, 0) is 6.54 Å². The van der Waals surface area contributed by atoms with E-state index in [0.29, 0.717) is 24.0 Å². The second-order valence-electron chi connectivity index (χ2n) is 5.37. The van der Waals surface area contributed by atoms with E-state index in [4.69, 9.17) is 5.73 Å². The minimum Gasteiger partial charge on any atom is -0.370 e. The van der Waals surface area contributed by atoms with Gasteiger partial charge in [-0.3, -0.25) is 4.79 Å². The van der Waals surface area contributed by atoms with E-state index in [0.717, 1.165) is 12.1 Å². The molecule has 21 heavy (non-hydrogen) atoms. The lowest BCUT2D eigenvalue weighted by Crippen LogP contribution is -2.34. The molecule has 0 bridgehead atoms. The maximum absolute atomic E-state index is 11.7. The van der Waals surface area contributed by atoms with Crippen LogP contribution in [-0.4, -0.2) is 37.4 Å². The molecule has 1 amide bonds. The van der Waals surface area contributed by atoms with E-state index in [2.05, 4.69) is 24.2 Å². The fourth-order valence-corrected chi connectivity index (χ4v) is 1.55. The Morgan fingerprint density at radius 1 is 1.29 bits per heavy atom. The van der Waals surface area contributed by atoms with Crippen LogP contribution in [0.25, 0.3) is 0 Å². The molecule has 5 nitrogen and oxygen atoms in total. The lowest BCUT2D eigenvalue weighted by Gasteiger charge is -2.10. The number of rotatable bonds is 5. The summed E-state index contributed by atoms with van der Waals surface area (Å²) in [6.07, 6.45) is 0. The summed E-state index contributed by atoms with van der Waals surface area (Å²) in [6.45, 7) is 5.54. The van der Waals surface area contributed by atoms with Gasteiger partial charge in [-0.25, -0.2) is 4.99 Å². The van der Waals surface area contributed by atoms with Crippen molar-refractivity contribution in [1.82, 2.24) is 10.2 Å². The van der Waals surface area contributed by atoms with Crippen LogP contribution in [0, 0.1) is 5.92 Å². The van der Waals surface area contributed by atoms with Crippen LogP contribution in [0.5, 0.6) is 0 Å². The molecule has 0 unspecified atom stereocenters. The van der Waals surface area contributed by atoms with E-state index in [9.17, 15) is 4.79 Å². The van der Waals surface area contributed by atoms with E-state index in [-0.39, 0.29) is 29.9 Å². The highest BCUT2D eigenvalue weighted by atomic mass is 127. The smallest absolute Gasteiger partial charge is 0.253 e. The fourth-order valence-electron chi connectivity index (χ4n) is 1.55. The van der Waals surface area contributed by atoms with Gasteiger partial charge in [0.1, 0.15) is 0 Å². The van der Waals surface area contributed by atoms with Gasteiger partial charge >= 0.3 is 0 Å². The second kappa shape index (κ2) is 9.59. The summed E-state index contributed by atoms with van der Waals surface area (Å²) in [4.78, 5) is 17.6. The first-order valence-corrected chi connectivity index (χ1v) is 6.74. The van der Waals surface area contributed by atoms with Gasteiger partial charge in [0.25, 0.3) is 5.91 Å². The number of aliphatic imine (C=N–C) groups is 1. The molecular weight excluding hydrogens is 379 g/mol. The third kappa shape index (κ3) is 7.31. The summed E-state index contributed by atoms with van der Waals surface area (Å²) in [5.41, 5.74) is 7.46. The first-order valence-electron chi connectivity index (χ1n) is 6.74. The standard InChI is InChI=1S/C15H24N4O.HI/c1-11(2)9-17-15(16)18-10-12-5-7-13(8-6-12)14(20)19(3)4;/h5-8,11H,9-10H2,1-4H3,(H3,16,17,18);1H. The quantitative estimate of drug-likeness (QED) is 0.449. The second-order valence-corrected chi connectivity index (χ2v) is 5.37. The monoisotopic (exact) mass is 404 g/mol. The SMILES string of the molecule is CC(C)CNC(N)=NCc1ccc(C(=O)N(C)C)cc1.I. The Morgan fingerprint density at radius 2 is 1.86 bits per heavy atom. The lowest BCUT2D eigenvalue weighted by molar-refractivity contribution is 0.0827. The zero-order valence-electron chi connectivity index (χ0n) is 13.1. The van der Waals surface area contributed by atoms with E-state index in [1.54, 1.807) is 19.0 Å². The summed E-state index contributed by atoms with van der Waals surface area (Å²) >= 11 is 0. The number of amides is 1. The number of benzene rings is 1. The summed E-state index contributed by atoms with van der Waals surface area (Å²) in [5.74, 6) is 0.977. The van der Waals surface area contributed by atoms with Crippen molar-refractivity contribution in [1.29, 1.82) is 0 Å². The molecule has 1 rings (SSSR count). The fraction of sp³-hybridized carbons (Fsp3) is 0.467. The van der Waals surface area contributed by atoms with Crippen molar-refractivity contribution < 1.29 is 4.79 Å². The first-order chi connectivity index (χ1) is 9.40. The van der Waals surface area contributed by atoms with Crippen LogP contribution >= 0.6 is 24.0 Å². The normalized spacial score (nSPS) is 11.0. The van der Waals surface area contributed by atoms with Crippen molar-refractivity contribution in [3.63, 3.8) is 0 Å². The van der Waals surface area contributed by atoms with Gasteiger partial charge in [0.2, 0.25) is 0 Å². The molecule has 0 spiro atoms. The van der Waals surface area contributed by atoms with Crippen LogP contribution < -0.4 is 11.1 Å². The molecule has 0 aliphatic heterocycles. The van der Waals surface area contributed by atoms with Crippen LogP contribution in [0.2, 0.25) is 0 Å². The van der Waals surface area contributed by atoms with Crippen molar-refractivity contribution in [2.75, 3.05) is 20.6 Å². The van der Waals surface area contributed by atoms with E-state index in [1.807, 2.05) is 24.3 Å². The van der Waals surface area contributed by atoms with Gasteiger partial charge in [0.05, 0.1) is 6.54 Å². The van der Waals surface area contributed by atoms with Crippen LogP contribution in [0.1, 0.15) is 29.8 Å². The maximum Gasteiger partial charge on any atom is 0.253 e. The van der Waals surface area contributed by atoms with Crippen LogP contribution in [0.4, 0.5) is 0 Å². The Hall–Kier alpha value is -1.31. The van der Waals surface area contributed by atoms with Gasteiger partial charge in [-0.1, -0.05) is 26.0 Å². The summed E-state index contributed by atoms with van der Waals surface area (Å²) in [5, 5.41) is 3.06. The van der Waals surface area contributed by atoms with Crippen molar-refractivity contribution in [2.45, 2.75) is 20.4 Å². The molecule has 0 saturated heterocycles. The predicted octanol–water partition coefficient (Wildman–Crippen LogP) is 2.07. The Kier molecular flexibility index (Phi) is 9.00. The van der Waals surface area contributed by atoms with Gasteiger partial charge < -0.3 is 16.0 Å². The summed E-state index contributed by atoms with van der Waals surface area (Å²) < 4.78 is 0. The predicted molar refractivity (Wildman–Crippen MR) is 98.0 cm³/mol. The molecule has 0 fully saturated rings.